The Bertz CT molecular complexity index is 19.5. The molecular weight excluding hydrogens is 189 g/mol. The van der Waals surface area contributed by atoms with Crippen LogP contribution in [0.4, 0.5) is 0 Å². The van der Waals surface area contributed by atoms with Crippen LogP contribution in [-0.2, 0) is 0 Å². The third-order valence-corrected chi connectivity index (χ3v) is 0.949. The van der Waals surface area contributed by atoms with Gasteiger partial charge in [0.1, 0.15) is 0 Å². The van der Waals surface area contributed by atoms with Crippen molar-refractivity contribution < 1.29 is 0 Å². The zero-order chi connectivity index (χ0) is 4.83. The summed E-state index contributed by atoms with van der Waals surface area (Å²) < 4.78 is 1.16. The van der Waals surface area contributed by atoms with E-state index in [2.05, 4.69) is 34.8 Å². The maximum absolute atomic E-state index is 4.08. The fourth-order valence-electron chi connectivity index (χ4n) is 0.218. The summed E-state index contributed by atoms with van der Waals surface area (Å²) in [4.78, 5) is 0. The second-order valence-corrected chi connectivity index (χ2v) is 2.03. The first kappa shape index (κ1) is 6.69. The molecule has 0 spiro atoms. The minimum absolute atomic E-state index is 0.975. The van der Waals surface area contributed by atoms with Crippen molar-refractivity contribution in [3.63, 3.8) is 0 Å². The maximum Gasteiger partial charge on any atom is 0.0223 e. The second-order valence-electron chi connectivity index (χ2n) is 0.952. The second kappa shape index (κ2) is 5.69. The quantitative estimate of drug-likeness (QED) is 0.365. The van der Waals surface area contributed by atoms with Crippen LogP contribution in [0, 0.1) is 0 Å². The maximum atomic E-state index is 4.08. The van der Waals surface area contributed by atoms with E-state index in [1.165, 1.54) is 0 Å². The molecule has 0 saturated heterocycles. The largest absolute Gasteiger partial charge is 0.241 e. The van der Waals surface area contributed by atoms with Gasteiger partial charge in [-0.3, -0.25) is 0 Å². The van der Waals surface area contributed by atoms with E-state index in [1.54, 1.807) is 0 Å². The smallest absolute Gasteiger partial charge is 0.0223 e. The zero-order valence-electron chi connectivity index (χ0n) is 3.95. The molecule has 0 fully saturated rings. The fourth-order valence-corrected chi connectivity index (χ4v) is 0.559. The van der Waals surface area contributed by atoms with Gasteiger partial charge in [0.15, 0.2) is 0 Å². The number of rotatable bonds is 3. The van der Waals surface area contributed by atoms with Crippen LogP contribution >= 0.6 is 22.6 Å². The van der Waals surface area contributed by atoms with Gasteiger partial charge in [-0.1, -0.05) is 29.5 Å². The molecule has 0 aliphatic heterocycles. The van der Waals surface area contributed by atoms with Gasteiger partial charge in [0.05, 0.1) is 0 Å². The molecule has 0 aromatic rings. The van der Waals surface area contributed by atoms with E-state index < -0.39 is 0 Å². The fraction of sp³-hybridized carbons (Fsp3) is 1.00. The van der Waals surface area contributed by atoms with Crippen molar-refractivity contribution in [2.75, 3.05) is 17.5 Å². The van der Waals surface area contributed by atoms with E-state index in [0.717, 1.165) is 17.5 Å². The van der Waals surface area contributed by atoms with Gasteiger partial charge in [-0.2, -0.15) is 0 Å². The topological polar surface area (TPSA) is 14.1 Å². The van der Waals surface area contributed by atoms with Gasteiger partial charge in [0.25, 0.3) is 0 Å². The molecule has 0 bridgehead atoms. The summed E-state index contributed by atoms with van der Waals surface area (Å²) in [5.74, 6) is 0. The SMILES string of the molecule is CC[N]CCI. The van der Waals surface area contributed by atoms with E-state index in [-0.39, 0.29) is 0 Å². The first-order valence-electron chi connectivity index (χ1n) is 2.11. The summed E-state index contributed by atoms with van der Waals surface area (Å²) in [6, 6.07) is 0. The first-order valence-corrected chi connectivity index (χ1v) is 3.63. The molecule has 0 aromatic carbocycles. The molecular formula is C4H9IN. The van der Waals surface area contributed by atoms with Crippen LogP contribution in [0.25, 0.3) is 0 Å². The van der Waals surface area contributed by atoms with E-state index in [0.29, 0.717) is 0 Å². The minimum atomic E-state index is 0.975. The molecule has 1 radical (unpaired) electrons. The van der Waals surface area contributed by atoms with E-state index in [4.69, 9.17) is 0 Å². The third-order valence-electron chi connectivity index (χ3n) is 0.466. The summed E-state index contributed by atoms with van der Waals surface area (Å²) >= 11 is 2.32. The van der Waals surface area contributed by atoms with Crippen LogP contribution in [0.1, 0.15) is 6.92 Å². The number of hydrogen-bond acceptors (Lipinski definition) is 0. The highest BCUT2D eigenvalue weighted by Gasteiger charge is 1.75. The molecule has 1 nitrogen and oxygen atoms in total. The lowest BCUT2D eigenvalue weighted by atomic mass is 10.7. The van der Waals surface area contributed by atoms with Gasteiger partial charge in [-0.15, -0.1) is 0 Å². The Morgan fingerprint density at radius 3 is 2.50 bits per heavy atom. The highest BCUT2D eigenvalue weighted by atomic mass is 127. The van der Waals surface area contributed by atoms with Crippen LogP contribution < -0.4 is 5.32 Å². The highest BCUT2D eigenvalue weighted by Crippen LogP contribution is 1.75. The van der Waals surface area contributed by atoms with E-state index in [9.17, 15) is 0 Å². The summed E-state index contributed by atoms with van der Waals surface area (Å²) in [5.41, 5.74) is 0. The Morgan fingerprint density at radius 1 is 1.67 bits per heavy atom. The predicted molar refractivity (Wildman–Crippen MR) is 36.4 cm³/mol. The Morgan fingerprint density at radius 2 is 2.33 bits per heavy atom. The summed E-state index contributed by atoms with van der Waals surface area (Å²) in [5, 5.41) is 4.08. The van der Waals surface area contributed by atoms with Crippen molar-refractivity contribution in [1.29, 1.82) is 0 Å². The first-order chi connectivity index (χ1) is 2.91. The van der Waals surface area contributed by atoms with Crippen molar-refractivity contribution in [2.24, 2.45) is 0 Å². The van der Waals surface area contributed by atoms with Crippen molar-refractivity contribution in [3.8, 4) is 0 Å². The molecule has 0 N–H and O–H groups in total. The molecule has 0 unspecified atom stereocenters. The Hall–Kier alpha value is 0.690. The molecule has 0 aromatic heterocycles. The molecule has 37 valence electrons. The van der Waals surface area contributed by atoms with Crippen LogP contribution in [-0.4, -0.2) is 17.5 Å². The van der Waals surface area contributed by atoms with E-state index in [1.807, 2.05) is 0 Å². The number of alkyl halides is 1. The summed E-state index contributed by atoms with van der Waals surface area (Å²) in [6.45, 7) is 4.06. The van der Waals surface area contributed by atoms with E-state index >= 15 is 0 Å². The molecule has 0 saturated carbocycles. The molecule has 0 aliphatic rings. The van der Waals surface area contributed by atoms with Crippen LogP contribution in [0.15, 0.2) is 0 Å². The van der Waals surface area contributed by atoms with Gasteiger partial charge in [-0.05, 0) is 0 Å². The molecule has 6 heavy (non-hydrogen) atoms. The average molecular weight is 198 g/mol. The Labute approximate surface area is 52.6 Å². The van der Waals surface area contributed by atoms with Crippen LogP contribution in [0.3, 0.4) is 0 Å². The lowest BCUT2D eigenvalue weighted by molar-refractivity contribution is 0.756. The highest BCUT2D eigenvalue weighted by molar-refractivity contribution is 14.1. The number of halogens is 1. The minimum Gasteiger partial charge on any atom is -0.241 e. The normalized spacial score (nSPS) is 9.00. The van der Waals surface area contributed by atoms with Crippen molar-refractivity contribution in [3.05, 3.63) is 0 Å². The molecule has 0 atom stereocenters. The lowest BCUT2D eigenvalue weighted by Crippen LogP contribution is -2.05. The van der Waals surface area contributed by atoms with Crippen molar-refractivity contribution >= 4 is 22.6 Å². The number of nitrogens with zero attached hydrogens (tertiary/aromatic N) is 1. The molecule has 0 aliphatic carbocycles. The molecule has 0 amide bonds. The monoisotopic (exact) mass is 198 g/mol. The summed E-state index contributed by atoms with van der Waals surface area (Å²) in [6.07, 6.45) is 0. The molecule has 0 heterocycles. The Kier molecular flexibility index (Phi) is 6.34. The zero-order valence-corrected chi connectivity index (χ0v) is 6.10. The third kappa shape index (κ3) is 4.69. The Balaban J connectivity index is 2.34. The standard InChI is InChI=1S/C4H9IN/c1-2-6-4-3-5/h2-4H2,1H3. The van der Waals surface area contributed by atoms with Gasteiger partial charge in [-0.25, -0.2) is 5.32 Å². The van der Waals surface area contributed by atoms with Crippen molar-refractivity contribution in [1.82, 2.24) is 5.32 Å². The molecule has 0 rings (SSSR count). The number of hydrogen-bond donors (Lipinski definition) is 0. The summed E-state index contributed by atoms with van der Waals surface area (Å²) in [7, 11) is 0. The van der Waals surface area contributed by atoms with Crippen LogP contribution in [0.5, 0.6) is 0 Å². The van der Waals surface area contributed by atoms with Crippen LogP contribution in [0.2, 0.25) is 0 Å². The van der Waals surface area contributed by atoms with Crippen molar-refractivity contribution in [2.45, 2.75) is 6.92 Å². The van der Waals surface area contributed by atoms with Gasteiger partial charge >= 0.3 is 0 Å². The average Bonchev–Trinajstić information content (AvgIpc) is 1.61. The van der Waals surface area contributed by atoms with Gasteiger partial charge in [0.2, 0.25) is 0 Å². The van der Waals surface area contributed by atoms with Gasteiger partial charge < -0.3 is 0 Å². The predicted octanol–water partition coefficient (Wildman–Crippen LogP) is 1.05. The molecule has 2 heteroatoms. The lowest BCUT2D eigenvalue weighted by Gasteiger charge is -1.87. The van der Waals surface area contributed by atoms with Gasteiger partial charge in [0, 0.05) is 17.5 Å².